The van der Waals surface area contributed by atoms with Gasteiger partial charge in [0.15, 0.2) is 6.10 Å². The molecule has 3 rings (SSSR count). The van der Waals surface area contributed by atoms with Gasteiger partial charge in [0.1, 0.15) is 11.3 Å². The van der Waals surface area contributed by atoms with Crippen molar-refractivity contribution in [3.8, 4) is 5.75 Å². The number of anilines is 1. The van der Waals surface area contributed by atoms with Gasteiger partial charge in [-0.3, -0.25) is 4.79 Å². The van der Waals surface area contributed by atoms with E-state index in [4.69, 9.17) is 13.9 Å². The van der Waals surface area contributed by atoms with Gasteiger partial charge in [-0.2, -0.15) is 0 Å². The fourth-order valence-corrected chi connectivity index (χ4v) is 2.75. The summed E-state index contributed by atoms with van der Waals surface area (Å²) < 4.78 is 15.6. The molecule has 0 saturated heterocycles. The van der Waals surface area contributed by atoms with Gasteiger partial charge in [-0.05, 0) is 43.7 Å². The van der Waals surface area contributed by atoms with Crippen LogP contribution in [0.5, 0.6) is 5.75 Å². The van der Waals surface area contributed by atoms with Crippen LogP contribution in [0.15, 0.2) is 57.7 Å². The molecule has 7 nitrogen and oxygen atoms in total. The maximum atomic E-state index is 12.5. The second-order valence-electron chi connectivity index (χ2n) is 6.19. The smallest absolute Gasteiger partial charge is 0.339 e. The van der Waals surface area contributed by atoms with Gasteiger partial charge in [0, 0.05) is 17.5 Å². The molecule has 1 atom stereocenters. The summed E-state index contributed by atoms with van der Waals surface area (Å²) >= 11 is 0. The number of carbonyl (C=O) groups excluding carboxylic acids is 2. The Kier molecular flexibility index (Phi) is 5.44. The molecule has 0 radical (unpaired) electrons. The number of nitrogens with one attached hydrogen (secondary N) is 1. The summed E-state index contributed by atoms with van der Waals surface area (Å²) in [7, 11) is 1.27. The third-order valence-corrected chi connectivity index (χ3v) is 4.20. The maximum Gasteiger partial charge on any atom is 0.339 e. The van der Waals surface area contributed by atoms with Gasteiger partial charge < -0.3 is 19.2 Å². The molecule has 3 aromatic rings. The van der Waals surface area contributed by atoms with Crippen LogP contribution in [-0.2, 0) is 9.53 Å². The Morgan fingerprint density at radius 1 is 1.11 bits per heavy atom. The summed E-state index contributed by atoms with van der Waals surface area (Å²) in [6, 6.07) is 13.0. The molecule has 144 valence electrons. The summed E-state index contributed by atoms with van der Waals surface area (Å²) in [5.74, 6) is -0.614. The van der Waals surface area contributed by atoms with E-state index in [2.05, 4.69) is 5.32 Å². The Morgan fingerprint density at radius 3 is 2.61 bits per heavy atom. The second kappa shape index (κ2) is 7.96. The van der Waals surface area contributed by atoms with E-state index in [0.29, 0.717) is 17.0 Å². The highest BCUT2D eigenvalue weighted by Crippen LogP contribution is 2.23. The number of aryl methyl sites for hydroxylation is 1. The van der Waals surface area contributed by atoms with Crippen molar-refractivity contribution >= 4 is 28.5 Å². The standard InChI is InChI=1S/C21H19NO6/c1-12-10-19(23)28-18-11-14(8-9-15(12)18)27-13(2)20(24)22-17-7-5-4-6-16(17)21(25)26-3/h4-11,13H,1-3H3,(H,22,24). The Balaban J connectivity index is 1.77. The van der Waals surface area contributed by atoms with Crippen molar-refractivity contribution in [2.75, 3.05) is 12.4 Å². The zero-order chi connectivity index (χ0) is 20.3. The molecule has 0 bridgehead atoms. The third-order valence-electron chi connectivity index (χ3n) is 4.20. The van der Waals surface area contributed by atoms with Gasteiger partial charge in [-0.1, -0.05) is 12.1 Å². The molecule has 1 amide bonds. The number of rotatable bonds is 5. The van der Waals surface area contributed by atoms with Gasteiger partial charge in [0.25, 0.3) is 5.91 Å². The number of benzene rings is 2. The van der Waals surface area contributed by atoms with Crippen LogP contribution in [0.2, 0.25) is 0 Å². The molecular formula is C21H19NO6. The first kappa shape index (κ1) is 19.2. The van der Waals surface area contributed by atoms with Crippen molar-refractivity contribution < 1.29 is 23.5 Å². The van der Waals surface area contributed by atoms with Gasteiger partial charge in [-0.25, -0.2) is 9.59 Å². The Hall–Kier alpha value is -3.61. The van der Waals surface area contributed by atoms with E-state index in [1.165, 1.54) is 13.2 Å². The molecule has 28 heavy (non-hydrogen) atoms. The number of esters is 1. The first-order valence-corrected chi connectivity index (χ1v) is 8.58. The lowest BCUT2D eigenvalue weighted by Gasteiger charge is -2.16. The molecule has 1 heterocycles. The largest absolute Gasteiger partial charge is 0.481 e. The minimum Gasteiger partial charge on any atom is -0.481 e. The monoisotopic (exact) mass is 381 g/mol. The van der Waals surface area contributed by atoms with E-state index in [-0.39, 0.29) is 5.56 Å². The summed E-state index contributed by atoms with van der Waals surface area (Å²) in [6.45, 7) is 3.39. The SMILES string of the molecule is COC(=O)c1ccccc1NC(=O)C(C)Oc1ccc2c(C)cc(=O)oc2c1. The molecule has 0 spiro atoms. The number of methoxy groups -OCH3 is 1. The summed E-state index contributed by atoms with van der Waals surface area (Å²) in [5.41, 5.74) is 1.30. The summed E-state index contributed by atoms with van der Waals surface area (Å²) in [4.78, 5) is 35.9. The van der Waals surface area contributed by atoms with Crippen molar-refractivity contribution in [2.24, 2.45) is 0 Å². The number of hydrogen-bond acceptors (Lipinski definition) is 6. The van der Waals surface area contributed by atoms with Crippen LogP contribution in [0.1, 0.15) is 22.8 Å². The molecule has 0 saturated carbocycles. The van der Waals surface area contributed by atoms with Crippen LogP contribution < -0.4 is 15.7 Å². The predicted octanol–water partition coefficient (Wildman–Crippen LogP) is 3.29. The quantitative estimate of drug-likeness (QED) is 0.538. The number of hydrogen-bond donors (Lipinski definition) is 1. The Bertz CT molecular complexity index is 1100. The fraction of sp³-hybridized carbons (Fsp3) is 0.190. The molecule has 0 aliphatic carbocycles. The number of amides is 1. The fourth-order valence-electron chi connectivity index (χ4n) is 2.75. The zero-order valence-electron chi connectivity index (χ0n) is 15.6. The average Bonchev–Trinajstić information content (AvgIpc) is 2.67. The number of para-hydroxylation sites is 1. The highest BCUT2D eigenvalue weighted by molar-refractivity contribution is 6.02. The second-order valence-corrected chi connectivity index (χ2v) is 6.19. The van der Waals surface area contributed by atoms with E-state index in [1.807, 2.05) is 6.92 Å². The molecule has 0 fully saturated rings. The van der Waals surface area contributed by atoms with E-state index < -0.39 is 23.6 Å². The molecule has 1 aromatic heterocycles. The van der Waals surface area contributed by atoms with E-state index in [9.17, 15) is 14.4 Å². The first-order valence-electron chi connectivity index (χ1n) is 8.58. The maximum absolute atomic E-state index is 12.5. The third kappa shape index (κ3) is 4.03. The summed E-state index contributed by atoms with van der Waals surface area (Å²) in [6.07, 6.45) is -0.861. The van der Waals surface area contributed by atoms with Crippen molar-refractivity contribution in [1.29, 1.82) is 0 Å². The first-order chi connectivity index (χ1) is 13.4. The molecule has 1 unspecified atom stereocenters. The topological polar surface area (TPSA) is 94.8 Å². The van der Waals surface area contributed by atoms with Crippen LogP contribution >= 0.6 is 0 Å². The number of ether oxygens (including phenoxy) is 2. The van der Waals surface area contributed by atoms with Crippen LogP contribution in [0.3, 0.4) is 0 Å². The molecule has 7 heteroatoms. The van der Waals surface area contributed by atoms with Crippen molar-refractivity contribution in [2.45, 2.75) is 20.0 Å². The normalized spacial score (nSPS) is 11.7. The molecular weight excluding hydrogens is 362 g/mol. The van der Waals surface area contributed by atoms with Crippen LogP contribution in [0, 0.1) is 6.92 Å². The summed E-state index contributed by atoms with van der Waals surface area (Å²) in [5, 5.41) is 3.45. The minimum atomic E-state index is -0.861. The Morgan fingerprint density at radius 2 is 1.86 bits per heavy atom. The minimum absolute atomic E-state index is 0.244. The lowest BCUT2D eigenvalue weighted by molar-refractivity contribution is -0.122. The predicted molar refractivity (Wildman–Crippen MR) is 104 cm³/mol. The highest BCUT2D eigenvalue weighted by Gasteiger charge is 2.19. The van der Waals surface area contributed by atoms with E-state index >= 15 is 0 Å². The van der Waals surface area contributed by atoms with E-state index in [0.717, 1.165) is 10.9 Å². The van der Waals surface area contributed by atoms with Crippen molar-refractivity contribution in [1.82, 2.24) is 0 Å². The molecule has 0 aliphatic heterocycles. The lowest BCUT2D eigenvalue weighted by atomic mass is 10.1. The van der Waals surface area contributed by atoms with Crippen molar-refractivity contribution in [3.05, 3.63) is 70.1 Å². The lowest BCUT2D eigenvalue weighted by Crippen LogP contribution is -2.30. The van der Waals surface area contributed by atoms with Gasteiger partial charge >= 0.3 is 11.6 Å². The molecule has 0 aliphatic rings. The van der Waals surface area contributed by atoms with Gasteiger partial charge in [-0.15, -0.1) is 0 Å². The average molecular weight is 381 g/mol. The highest BCUT2D eigenvalue weighted by atomic mass is 16.5. The van der Waals surface area contributed by atoms with Crippen molar-refractivity contribution in [3.63, 3.8) is 0 Å². The molecule has 2 aromatic carbocycles. The van der Waals surface area contributed by atoms with E-state index in [1.54, 1.807) is 49.4 Å². The van der Waals surface area contributed by atoms with Crippen LogP contribution in [0.4, 0.5) is 5.69 Å². The number of carbonyl (C=O) groups is 2. The van der Waals surface area contributed by atoms with Gasteiger partial charge in [0.2, 0.25) is 0 Å². The number of fused-ring (bicyclic) bond motifs is 1. The van der Waals surface area contributed by atoms with Crippen LogP contribution in [0.25, 0.3) is 11.0 Å². The Labute approximate surface area is 160 Å². The zero-order valence-corrected chi connectivity index (χ0v) is 15.6. The molecule has 1 N–H and O–H groups in total. The van der Waals surface area contributed by atoms with Gasteiger partial charge in [0.05, 0.1) is 18.4 Å². The van der Waals surface area contributed by atoms with Crippen LogP contribution in [-0.4, -0.2) is 25.1 Å².